The van der Waals surface area contributed by atoms with Gasteiger partial charge in [-0.05, 0) is 69.6 Å². The van der Waals surface area contributed by atoms with Crippen LogP contribution < -0.4 is 9.75 Å². The van der Waals surface area contributed by atoms with Crippen molar-refractivity contribution in [2.24, 2.45) is 7.05 Å². The van der Waals surface area contributed by atoms with E-state index in [0.717, 1.165) is 0 Å². The predicted octanol–water partition coefficient (Wildman–Crippen LogP) is 10.2. The quantitative estimate of drug-likeness (QED) is 0.140. The molecule has 2 aromatic heterocycles. The predicted molar refractivity (Wildman–Crippen MR) is 197 cm³/mol. The molecule has 0 spiro atoms. The van der Waals surface area contributed by atoms with E-state index in [0.29, 0.717) is 0 Å². The van der Waals surface area contributed by atoms with E-state index in [1.165, 1.54) is 77.0 Å². The minimum atomic E-state index is -1.32. The number of hydrogen-bond donors (Lipinski definition) is 0. The van der Waals surface area contributed by atoms with Gasteiger partial charge < -0.3 is 4.57 Å². The molecule has 0 unspecified atom stereocenters. The van der Waals surface area contributed by atoms with Crippen LogP contribution in [0.1, 0.15) is 31.9 Å². The number of nitrogens with zero attached hydrogens (tertiary/aromatic N) is 2. The molecule has 0 radical (unpaired) electrons. The fraction of sp³-hybridized carbons (Fsp3) is 0.214. The maximum absolute atomic E-state index is 2.44. The highest BCUT2D eigenvalue weighted by Crippen LogP contribution is 2.39. The first-order valence-corrected chi connectivity index (χ1v) is 19.6. The molecule has 0 saturated heterocycles. The van der Waals surface area contributed by atoms with Crippen LogP contribution in [0.4, 0.5) is 0 Å². The number of para-hydroxylation sites is 1. The Morgan fingerprint density at radius 2 is 1.20 bits per heavy atom. The van der Waals surface area contributed by atoms with Crippen LogP contribution in [0, 0.1) is 6.92 Å². The first-order valence-electron chi connectivity index (χ1n) is 16.1. The van der Waals surface area contributed by atoms with Crippen LogP contribution in [0.5, 0.6) is 0 Å². The third-order valence-corrected chi connectivity index (χ3v) is 11.6. The summed E-state index contributed by atoms with van der Waals surface area (Å²) in [5.41, 5.74) is 11.4. The molecule has 0 bridgehead atoms. The molecule has 0 fully saturated rings. The minimum absolute atomic E-state index is 0.0242. The molecule has 7 aromatic rings. The normalized spacial score (nSPS) is 12.4. The van der Waals surface area contributed by atoms with E-state index >= 15 is 0 Å². The lowest BCUT2D eigenvalue weighted by molar-refractivity contribution is -0.659. The summed E-state index contributed by atoms with van der Waals surface area (Å²) in [7, 11) is 0.866. The van der Waals surface area contributed by atoms with Gasteiger partial charge in [-0.25, -0.2) is 4.57 Å². The number of aromatic nitrogens is 2. The van der Waals surface area contributed by atoms with Crippen LogP contribution in [-0.2, 0) is 12.5 Å². The molecular formula is C42H43N2Si+. The first kappa shape index (κ1) is 29.2. The van der Waals surface area contributed by atoms with E-state index in [-0.39, 0.29) is 5.41 Å². The Kier molecular flexibility index (Phi) is 6.87. The molecule has 2 nitrogen and oxygen atoms in total. The van der Waals surface area contributed by atoms with Crippen LogP contribution in [0.2, 0.25) is 19.6 Å². The van der Waals surface area contributed by atoms with Gasteiger partial charge in [0.25, 0.3) is 0 Å². The number of aryl methyl sites for hydroxylation is 2. The third kappa shape index (κ3) is 5.00. The van der Waals surface area contributed by atoms with Crippen molar-refractivity contribution >= 4 is 45.8 Å². The molecular weight excluding hydrogens is 561 g/mol. The van der Waals surface area contributed by atoms with Crippen molar-refractivity contribution in [1.29, 1.82) is 0 Å². The van der Waals surface area contributed by atoms with Gasteiger partial charge in [-0.3, -0.25) is 0 Å². The summed E-state index contributed by atoms with van der Waals surface area (Å²) in [5, 5.41) is 6.70. The van der Waals surface area contributed by atoms with E-state index in [1.54, 1.807) is 0 Å². The average Bonchev–Trinajstić information content (AvgIpc) is 3.33. The number of benzene rings is 5. The molecule has 0 N–H and O–H groups in total. The van der Waals surface area contributed by atoms with Crippen molar-refractivity contribution < 1.29 is 4.57 Å². The van der Waals surface area contributed by atoms with Crippen LogP contribution in [-0.4, -0.2) is 12.6 Å². The van der Waals surface area contributed by atoms with Crippen molar-refractivity contribution in [3.8, 4) is 28.1 Å². The summed E-state index contributed by atoms with van der Waals surface area (Å²) in [6.07, 6.45) is 2.32. The minimum Gasteiger partial charge on any atom is -0.309 e. The summed E-state index contributed by atoms with van der Waals surface area (Å²) >= 11 is 0. The molecule has 45 heavy (non-hydrogen) atoms. The molecule has 7 rings (SSSR count). The molecule has 3 heteroatoms. The van der Waals surface area contributed by atoms with Gasteiger partial charge in [-0.15, -0.1) is 0 Å². The maximum atomic E-state index is 2.44. The lowest BCUT2D eigenvalue weighted by atomic mass is 9.80. The zero-order chi connectivity index (χ0) is 31.7. The summed E-state index contributed by atoms with van der Waals surface area (Å²) in [6.45, 7) is 16.4. The molecule has 0 aliphatic heterocycles. The van der Waals surface area contributed by atoms with Crippen LogP contribution in [0.3, 0.4) is 0 Å². The van der Waals surface area contributed by atoms with Gasteiger partial charge in [0, 0.05) is 17.1 Å². The summed E-state index contributed by atoms with van der Waals surface area (Å²) in [4.78, 5) is 0. The Balaban J connectivity index is 1.42. The van der Waals surface area contributed by atoms with Crippen LogP contribution >= 0.6 is 0 Å². The monoisotopic (exact) mass is 603 g/mol. The van der Waals surface area contributed by atoms with Crippen molar-refractivity contribution in [3.05, 3.63) is 127 Å². The molecule has 5 aromatic carbocycles. The molecule has 0 aliphatic rings. The Hall–Kier alpha value is -4.47. The zero-order valence-electron chi connectivity index (χ0n) is 27.9. The summed E-state index contributed by atoms with van der Waals surface area (Å²) in [5.74, 6) is 0. The van der Waals surface area contributed by atoms with Gasteiger partial charge >= 0.3 is 0 Å². The molecule has 224 valence electrons. The van der Waals surface area contributed by atoms with Crippen molar-refractivity contribution in [2.45, 2.75) is 52.8 Å². The zero-order valence-corrected chi connectivity index (χ0v) is 28.9. The molecule has 0 aliphatic carbocycles. The number of rotatable bonds is 4. The Bertz CT molecular complexity index is 2220. The fourth-order valence-corrected chi connectivity index (χ4v) is 8.14. The second-order valence-electron chi connectivity index (χ2n) is 14.7. The molecule has 0 amide bonds. The maximum Gasteiger partial charge on any atom is 0.214 e. The summed E-state index contributed by atoms with van der Waals surface area (Å²) in [6, 6.07) is 40.8. The highest BCUT2D eigenvalue weighted by Gasteiger charge is 2.25. The van der Waals surface area contributed by atoms with E-state index in [2.05, 4.69) is 179 Å². The molecule has 2 heterocycles. The number of pyridine rings is 1. The summed E-state index contributed by atoms with van der Waals surface area (Å²) < 4.78 is 4.75. The SMILES string of the molecule is Cc1c(-c2cc3c(c[n+]2C)c2ccccc2n3-c2ccc(-c3ccc([Si](C)(C)C)cc3)cc2)cc(C(C)(C)C)c2ccccc12. The van der Waals surface area contributed by atoms with E-state index in [9.17, 15) is 0 Å². The van der Waals surface area contributed by atoms with Gasteiger partial charge in [0.1, 0.15) is 7.05 Å². The molecule has 0 atom stereocenters. The Labute approximate surface area is 268 Å². The van der Waals surface area contributed by atoms with Crippen LogP contribution in [0.15, 0.2) is 115 Å². The largest absolute Gasteiger partial charge is 0.309 e. The second kappa shape index (κ2) is 10.6. The second-order valence-corrected chi connectivity index (χ2v) is 19.8. The lowest BCUT2D eigenvalue weighted by Crippen LogP contribution is -2.37. The van der Waals surface area contributed by atoms with Gasteiger partial charge in [-0.2, -0.15) is 0 Å². The highest BCUT2D eigenvalue weighted by atomic mass is 28.3. The van der Waals surface area contributed by atoms with Crippen molar-refractivity contribution in [1.82, 2.24) is 4.57 Å². The van der Waals surface area contributed by atoms with E-state index < -0.39 is 8.07 Å². The van der Waals surface area contributed by atoms with Crippen LogP contribution in [0.25, 0.3) is 60.6 Å². The highest BCUT2D eigenvalue weighted by molar-refractivity contribution is 6.88. The van der Waals surface area contributed by atoms with E-state index in [1.807, 2.05) is 0 Å². The Morgan fingerprint density at radius 3 is 1.82 bits per heavy atom. The topological polar surface area (TPSA) is 8.81 Å². The van der Waals surface area contributed by atoms with Crippen molar-refractivity contribution in [2.75, 3.05) is 0 Å². The number of fused-ring (bicyclic) bond motifs is 4. The Morgan fingerprint density at radius 1 is 0.622 bits per heavy atom. The molecule has 0 saturated carbocycles. The van der Waals surface area contributed by atoms with Gasteiger partial charge in [-0.1, -0.05) is 124 Å². The smallest absolute Gasteiger partial charge is 0.214 e. The standard InChI is InChI=1S/C42H43N2Si/c1-28-33-13-9-10-14-34(33)38(42(2,3)4)25-36(28)40-26-41-37(27-43(40)5)35-15-11-12-16-39(35)44(41)31-21-17-29(18-22-31)30-19-23-32(24-20-30)45(6,7)8/h9-27H,1-8H3/q+1. The van der Waals surface area contributed by atoms with Crippen molar-refractivity contribution in [3.63, 3.8) is 0 Å². The lowest BCUT2D eigenvalue weighted by Gasteiger charge is -2.24. The number of hydrogen-bond acceptors (Lipinski definition) is 0. The van der Waals surface area contributed by atoms with Gasteiger partial charge in [0.2, 0.25) is 5.69 Å². The first-order chi connectivity index (χ1) is 21.4. The third-order valence-electron chi connectivity index (χ3n) is 9.54. The van der Waals surface area contributed by atoms with Gasteiger partial charge in [0.15, 0.2) is 6.20 Å². The fourth-order valence-electron chi connectivity index (χ4n) is 6.98. The van der Waals surface area contributed by atoms with E-state index in [4.69, 9.17) is 0 Å². The van der Waals surface area contributed by atoms with Gasteiger partial charge in [0.05, 0.1) is 30.1 Å². The average molecular weight is 604 g/mol.